The molecule has 1 aromatic rings. The number of aliphatic hydroxyl groups excluding tert-OH is 1. The third-order valence-electron chi connectivity index (χ3n) is 3.51. The first-order chi connectivity index (χ1) is 10.6. The predicted octanol–water partition coefficient (Wildman–Crippen LogP) is 6.48. The summed E-state index contributed by atoms with van der Waals surface area (Å²) >= 11 is -2.96. The molecular weight excluding hydrogens is 397 g/mol. The summed E-state index contributed by atoms with van der Waals surface area (Å²) in [5, 5.41) is 8.66. The van der Waals surface area contributed by atoms with Crippen LogP contribution in [-0.4, -0.2) is 11.7 Å². The van der Waals surface area contributed by atoms with Gasteiger partial charge in [0.15, 0.2) is 0 Å². The number of hydrogen-bond donors (Lipinski definition) is 1. The van der Waals surface area contributed by atoms with Crippen molar-refractivity contribution in [2.75, 3.05) is 6.61 Å². The summed E-state index contributed by atoms with van der Waals surface area (Å²) in [6.45, 7) is 2.23. The Hall–Kier alpha value is -0.490. The SMILES string of the molecule is Cc1ccc(I(F)/C=C(/F)CCCCCCCCCO)cc1. The van der Waals surface area contributed by atoms with E-state index >= 15 is 0 Å². The zero-order valence-electron chi connectivity index (χ0n) is 13.3. The first kappa shape index (κ1) is 19.6. The molecule has 0 aliphatic heterocycles. The standard InChI is InChI=1S/C18H27F2IO/c1-16-10-12-18(13-11-16)21(20)15-17(19)9-7-5-3-2-4-6-8-14-22/h10-13,15,22H,2-9,14H2,1H3/b17-15+. The van der Waals surface area contributed by atoms with Gasteiger partial charge < -0.3 is 0 Å². The second-order valence-corrected chi connectivity index (χ2v) is 8.93. The molecule has 4 heteroatoms. The molecule has 0 saturated carbocycles. The van der Waals surface area contributed by atoms with Crippen LogP contribution in [0, 0.1) is 10.5 Å². The molecule has 0 heterocycles. The van der Waals surface area contributed by atoms with Gasteiger partial charge in [-0.1, -0.05) is 0 Å². The molecule has 0 saturated heterocycles. The average Bonchev–Trinajstić information content (AvgIpc) is 2.50. The predicted molar refractivity (Wildman–Crippen MR) is 98.2 cm³/mol. The van der Waals surface area contributed by atoms with E-state index in [2.05, 4.69) is 0 Å². The first-order valence-corrected chi connectivity index (χ1v) is 11.2. The number of rotatable bonds is 11. The molecule has 1 N–H and O–H groups in total. The second kappa shape index (κ2) is 12.0. The summed E-state index contributed by atoms with van der Waals surface area (Å²) in [4.78, 5) is 0. The maximum atomic E-state index is 14.1. The molecule has 0 spiro atoms. The zero-order valence-corrected chi connectivity index (χ0v) is 15.5. The zero-order chi connectivity index (χ0) is 16.2. The minimum atomic E-state index is -2.96. The van der Waals surface area contributed by atoms with Crippen LogP contribution in [0.5, 0.6) is 0 Å². The van der Waals surface area contributed by atoms with Crippen LogP contribution >= 0.6 is 20.4 Å². The summed E-state index contributed by atoms with van der Waals surface area (Å²) in [5.41, 5.74) is 1.09. The van der Waals surface area contributed by atoms with E-state index in [0.717, 1.165) is 50.5 Å². The monoisotopic (exact) mass is 424 g/mol. The summed E-state index contributed by atoms with van der Waals surface area (Å²) in [6.07, 6.45) is 7.44. The van der Waals surface area contributed by atoms with Crippen molar-refractivity contribution in [3.63, 3.8) is 0 Å². The van der Waals surface area contributed by atoms with Gasteiger partial charge in [-0.15, -0.1) is 0 Å². The average molecular weight is 424 g/mol. The molecule has 0 amide bonds. The van der Waals surface area contributed by atoms with Crippen molar-refractivity contribution in [3.05, 3.63) is 43.3 Å². The molecule has 0 radical (unpaired) electrons. The van der Waals surface area contributed by atoms with Crippen LogP contribution in [0.4, 0.5) is 7.25 Å². The topological polar surface area (TPSA) is 20.2 Å². The molecular formula is C18H27F2IO. The van der Waals surface area contributed by atoms with E-state index in [1.165, 1.54) is 4.08 Å². The van der Waals surface area contributed by atoms with Crippen LogP contribution in [0.3, 0.4) is 0 Å². The molecule has 126 valence electrons. The Kier molecular flexibility index (Phi) is 10.7. The van der Waals surface area contributed by atoms with E-state index in [1.807, 2.05) is 19.1 Å². The van der Waals surface area contributed by atoms with Gasteiger partial charge in [-0.05, 0) is 0 Å². The molecule has 0 aliphatic rings. The molecule has 22 heavy (non-hydrogen) atoms. The molecule has 1 nitrogen and oxygen atoms in total. The molecule has 0 aliphatic carbocycles. The van der Waals surface area contributed by atoms with Crippen molar-refractivity contribution < 1.29 is 12.4 Å². The third-order valence-corrected chi connectivity index (χ3v) is 6.64. The summed E-state index contributed by atoms with van der Waals surface area (Å²) < 4.78 is 29.7. The van der Waals surface area contributed by atoms with Crippen molar-refractivity contribution in [3.8, 4) is 0 Å². The molecule has 0 atom stereocenters. The van der Waals surface area contributed by atoms with E-state index in [1.54, 1.807) is 12.1 Å². The van der Waals surface area contributed by atoms with Crippen molar-refractivity contribution in [2.45, 2.75) is 58.3 Å². The fourth-order valence-corrected chi connectivity index (χ4v) is 4.48. The van der Waals surface area contributed by atoms with Gasteiger partial charge in [0.2, 0.25) is 0 Å². The van der Waals surface area contributed by atoms with Gasteiger partial charge in [-0.25, -0.2) is 0 Å². The van der Waals surface area contributed by atoms with E-state index in [9.17, 15) is 7.25 Å². The van der Waals surface area contributed by atoms with E-state index in [0.29, 0.717) is 9.99 Å². The van der Waals surface area contributed by atoms with Crippen LogP contribution in [0.15, 0.2) is 34.2 Å². The van der Waals surface area contributed by atoms with Gasteiger partial charge in [0.05, 0.1) is 0 Å². The minimum absolute atomic E-state index is 0.270. The Morgan fingerprint density at radius 2 is 1.55 bits per heavy atom. The summed E-state index contributed by atoms with van der Waals surface area (Å²) in [6, 6.07) is 7.30. The molecule has 1 rings (SSSR count). The third kappa shape index (κ3) is 8.83. The molecule has 1 aromatic carbocycles. The van der Waals surface area contributed by atoms with E-state index in [4.69, 9.17) is 5.11 Å². The van der Waals surface area contributed by atoms with Crippen molar-refractivity contribution >= 4 is 20.4 Å². The van der Waals surface area contributed by atoms with Crippen LogP contribution in [-0.2, 0) is 0 Å². The number of unbranched alkanes of at least 4 members (excludes halogenated alkanes) is 6. The van der Waals surface area contributed by atoms with Gasteiger partial charge in [-0.2, -0.15) is 0 Å². The van der Waals surface area contributed by atoms with Crippen molar-refractivity contribution in [1.82, 2.24) is 0 Å². The van der Waals surface area contributed by atoms with Gasteiger partial charge in [0.1, 0.15) is 0 Å². The Labute approximate surface area is 141 Å². The van der Waals surface area contributed by atoms with E-state index in [-0.39, 0.29) is 12.4 Å². The van der Waals surface area contributed by atoms with Crippen molar-refractivity contribution in [1.29, 1.82) is 0 Å². The first-order valence-electron chi connectivity index (χ1n) is 8.02. The van der Waals surface area contributed by atoms with Gasteiger partial charge in [-0.3, -0.25) is 0 Å². The normalized spacial score (nSPS) is 12.5. The van der Waals surface area contributed by atoms with Gasteiger partial charge in [0, 0.05) is 0 Å². The quantitative estimate of drug-likeness (QED) is 0.319. The number of hydrogen-bond acceptors (Lipinski definition) is 1. The van der Waals surface area contributed by atoms with E-state index < -0.39 is 20.4 Å². The second-order valence-electron chi connectivity index (χ2n) is 5.56. The van der Waals surface area contributed by atoms with Crippen LogP contribution in [0.1, 0.15) is 56.9 Å². The molecule has 0 bridgehead atoms. The van der Waals surface area contributed by atoms with Crippen LogP contribution in [0.25, 0.3) is 0 Å². The summed E-state index contributed by atoms with van der Waals surface area (Å²) in [7, 11) is 0. The van der Waals surface area contributed by atoms with Crippen LogP contribution < -0.4 is 0 Å². The fraction of sp³-hybridized carbons (Fsp3) is 0.556. The molecule has 0 unspecified atom stereocenters. The Morgan fingerprint density at radius 3 is 2.14 bits per heavy atom. The van der Waals surface area contributed by atoms with Crippen molar-refractivity contribution in [2.24, 2.45) is 0 Å². The number of benzene rings is 1. The fourth-order valence-electron chi connectivity index (χ4n) is 2.16. The summed E-state index contributed by atoms with van der Waals surface area (Å²) in [5.74, 6) is -0.284. The Morgan fingerprint density at radius 1 is 1.00 bits per heavy atom. The van der Waals surface area contributed by atoms with Crippen LogP contribution in [0.2, 0.25) is 0 Å². The van der Waals surface area contributed by atoms with Gasteiger partial charge in [0.25, 0.3) is 0 Å². The Bertz CT molecular complexity index is 431. The Balaban J connectivity index is 2.18. The maximum absolute atomic E-state index is 14.1. The number of aliphatic hydroxyl groups is 1. The number of aryl methyl sites for hydroxylation is 1. The number of halogens is 3. The van der Waals surface area contributed by atoms with Gasteiger partial charge >= 0.3 is 141 Å². The molecule has 0 aromatic heterocycles. The molecule has 0 fully saturated rings. The number of allylic oxidation sites excluding steroid dienone is 1.